The van der Waals surface area contributed by atoms with E-state index in [1.165, 1.54) is 0 Å². The number of hydrogen-bond acceptors (Lipinski definition) is 4. The van der Waals surface area contributed by atoms with Gasteiger partial charge in [0, 0.05) is 13.1 Å². The molecule has 0 saturated heterocycles. The van der Waals surface area contributed by atoms with E-state index in [9.17, 15) is 8.42 Å². The van der Waals surface area contributed by atoms with E-state index in [4.69, 9.17) is 9.47 Å². The molecular weight excluding hydrogens is 398 g/mol. The normalized spacial score (nSPS) is 13.6. The van der Waals surface area contributed by atoms with Crippen molar-refractivity contribution in [2.24, 2.45) is 5.92 Å². The second-order valence-electron chi connectivity index (χ2n) is 7.46. The summed E-state index contributed by atoms with van der Waals surface area (Å²) in [4.78, 5) is 0. The molecule has 2 atom stereocenters. The molecule has 2 aromatic carbocycles. The molecule has 0 aliphatic rings. The summed E-state index contributed by atoms with van der Waals surface area (Å²) >= 11 is 0. The maximum Gasteiger partial charge on any atom is 0.217 e. The minimum Gasteiger partial charge on any atom is -0.497 e. The fraction of sp³-hybridized carbons (Fsp3) is 0.417. The molecule has 2 aromatic rings. The topological polar surface area (TPSA) is 55.8 Å². The summed E-state index contributed by atoms with van der Waals surface area (Å²) < 4.78 is 39.4. The van der Waals surface area contributed by atoms with Crippen molar-refractivity contribution >= 4 is 10.0 Å². The second kappa shape index (κ2) is 11.2. The Kier molecular flexibility index (Phi) is 8.93. The third-order valence-electron chi connectivity index (χ3n) is 5.35. The van der Waals surface area contributed by atoms with Crippen LogP contribution in [0, 0.1) is 5.92 Å². The van der Waals surface area contributed by atoms with Crippen LogP contribution in [-0.4, -0.2) is 32.2 Å². The maximum atomic E-state index is 13.7. The molecule has 0 aliphatic carbocycles. The van der Waals surface area contributed by atoms with Gasteiger partial charge in [0.05, 0.1) is 19.5 Å². The van der Waals surface area contributed by atoms with Crippen molar-refractivity contribution in [2.45, 2.75) is 45.0 Å². The Labute approximate surface area is 181 Å². The molecule has 164 valence electrons. The van der Waals surface area contributed by atoms with E-state index >= 15 is 0 Å². The Balaban J connectivity index is 2.37. The molecule has 0 radical (unpaired) electrons. The van der Waals surface area contributed by atoms with Crippen LogP contribution in [0.15, 0.2) is 61.2 Å². The van der Waals surface area contributed by atoms with Crippen molar-refractivity contribution in [3.05, 3.63) is 72.3 Å². The first-order valence-corrected chi connectivity index (χ1v) is 11.7. The SMILES string of the molecule is C=CC[C@H](C)[C@H](CC)S(=O)(=O)N(Cc1ccc(OC)cc1)Cc1ccc(OC)cc1. The molecule has 2 rings (SSSR count). The predicted molar refractivity (Wildman–Crippen MR) is 122 cm³/mol. The number of nitrogens with zero attached hydrogens (tertiary/aromatic N) is 1. The van der Waals surface area contributed by atoms with Gasteiger partial charge in [-0.3, -0.25) is 0 Å². The summed E-state index contributed by atoms with van der Waals surface area (Å²) in [5, 5.41) is -0.466. The molecule has 30 heavy (non-hydrogen) atoms. The molecular formula is C24H33NO4S. The fourth-order valence-electron chi connectivity index (χ4n) is 3.62. The summed E-state index contributed by atoms with van der Waals surface area (Å²) in [7, 11) is -0.313. The van der Waals surface area contributed by atoms with Gasteiger partial charge in [-0.25, -0.2) is 8.42 Å². The summed E-state index contributed by atoms with van der Waals surface area (Å²) in [6.45, 7) is 8.29. The van der Waals surface area contributed by atoms with Crippen molar-refractivity contribution in [1.29, 1.82) is 0 Å². The molecule has 0 heterocycles. The van der Waals surface area contributed by atoms with Gasteiger partial charge in [-0.1, -0.05) is 44.2 Å². The zero-order valence-corrected chi connectivity index (χ0v) is 19.2. The lowest BCUT2D eigenvalue weighted by atomic mass is 10.0. The molecule has 0 bridgehead atoms. The second-order valence-corrected chi connectivity index (χ2v) is 9.61. The van der Waals surface area contributed by atoms with Crippen molar-refractivity contribution in [2.75, 3.05) is 14.2 Å². The number of benzene rings is 2. The molecule has 0 aromatic heterocycles. The third-order valence-corrected chi connectivity index (χ3v) is 7.90. The first-order chi connectivity index (χ1) is 14.3. The van der Waals surface area contributed by atoms with Gasteiger partial charge in [0.1, 0.15) is 11.5 Å². The fourth-order valence-corrected chi connectivity index (χ4v) is 5.78. The lowest BCUT2D eigenvalue weighted by Gasteiger charge is -2.30. The standard InChI is InChI=1S/C24H33NO4S/c1-6-8-19(3)24(7-2)30(26,27)25(17-20-9-13-22(28-4)14-10-20)18-21-11-15-23(29-5)16-12-21/h6,9-16,19,24H,1,7-8,17-18H2,2-5H3/t19-,24-/m0/s1. The maximum absolute atomic E-state index is 13.7. The van der Waals surface area contributed by atoms with Crippen LogP contribution >= 0.6 is 0 Å². The van der Waals surface area contributed by atoms with Crippen LogP contribution in [0.2, 0.25) is 0 Å². The van der Waals surface area contributed by atoms with E-state index in [1.54, 1.807) is 24.6 Å². The largest absolute Gasteiger partial charge is 0.497 e. The van der Waals surface area contributed by atoms with Gasteiger partial charge >= 0.3 is 0 Å². The smallest absolute Gasteiger partial charge is 0.217 e. The van der Waals surface area contributed by atoms with Crippen molar-refractivity contribution in [3.63, 3.8) is 0 Å². The average Bonchev–Trinajstić information content (AvgIpc) is 2.74. The molecule has 0 saturated carbocycles. The highest BCUT2D eigenvalue weighted by Crippen LogP contribution is 2.27. The Bertz CT molecular complexity index is 842. The minimum atomic E-state index is -3.54. The third kappa shape index (κ3) is 6.09. The van der Waals surface area contributed by atoms with Crippen LogP contribution in [0.25, 0.3) is 0 Å². The van der Waals surface area contributed by atoms with Gasteiger partial charge < -0.3 is 9.47 Å². The van der Waals surface area contributed by atoms with Crippen LogP contribution in [0.4, 0.5) is 0 Å². The summed E-state index contributed by atoms with van der Waals surface area (Å²) in [6.07, 6.45) is 3.01. The minimum absolute atomic E-state index is 0.00765. The van der Waals surface area contributed by atoms with Gasteiger partial charge in [-0.2, -0.15) is 4.31 Å². The Morgan fingerprint density at radius 3 is 1.70 bits per heavy atom. The van der Waals surface area contributed by atoms with Crippen LogP contribution in [-0.2, 0) is 23.1 Å². The van der Waals surface area contributed by atoms with Crippen LogP contribution in [0.1, 0.15) is 37.8 Å². The Hall–Kier alpha value is -2.31. The number of sulfonamides is 1. The van der Waals surface area contributed by atoms with Gasteiger partial charge in [0.2, 0.25) is 10.0 Å². The van der Waals surface area contributed by atoms with Crippen molar-refractivity contribution in [1.82, 2.24) is 4.31 Å². The van der Waals surface area contributed by atoms with Crippen LogP contribution in [0.3, 0.4) is 0 Å². The van der Waals surface area contributed by atoms with E-state index in [0.29, 0.717) is 25.9 Å². The Morgan fingerprint density at radius 1 is 0.933 bits per heavy atom. The average molecular weight is 432 g/mol. The molecule has 5 nitrogen and oxygen atoms in total. The number of ether oxygens (including phenoxy) is 2. The zero-order valence-electron chi connectivity index (χ0n) is 18.4. The summed E-state index contributed by atoms with van der Waals surface area (Å²) in [5.41, 5.74) is 1.83. The van der Waals surface area contributed by atoms with Gasteiger partial charge in [0.25, 0.3) is 0 Å². The summed E-state index contributed by atoms with van der Waals surface area (Å²) in [6, 6.07) is 15.0. The number of methoxy groups -OCH3 is 2. The highest BCUT2D eigenvalue weighted by molar-refractivity contribution is 7.89. The lowest BCUT2D eigenvalue weighted by Crippen LogP contribution is -2.40. The predicted octanol–water partition coefficient (Wildman–Crippen LogP) is 5.03. The number of allylic oxidation sites excluding steroid dienone is 1. The first-order valence-electron chi connectivity index (χ1n) is 10.2. The van der Waals surface area contributed by atoms with E-state index in [1.807, 2.05) is 62.4 Å². The zero-order chi connectivity index (χ0) is 22.1. The van der Waals surface area contributed by atoms with Crippen molar-refractivity contribution in [3.8, 4) is 11.5 Å². The number of rotatable bonds is 12. The molecule has 0 amide bonds. The first kappa shape index (κ1) is 24.0. The highest BCUT2D eigenvalue weighted by atomic mass is 32.2. The van der Waals surface area contributed by atoms with Gasteiger partial charge in [0.15, 0.2) is 0 Å². The molecule has 0 spiro atoms. The molecule has 0 unspecified atom stereocenters. The van der Waals surface area contributed by atoms with E-state index in [0.717, 1.165) is 22.6 Å². The molecule has 6 heteroatoms. The van der Waals surface area contributed by atoms with E-state index in [2.05, 4.69) is 6.58 Å². The van der Waals surface area contributed by atoms with Crippen molar-refractivity contribution < 1.29 is 17.9 Å². The summed E-state index contributed by atoms with van der Waals surface area (Å²) in [5.74, 6) is 1.48. The molecule has 0 aliphatic heterocycles. The van der Waals surface area contributed by atoms with Crippen LogP contribution < -0.4 is 9.47 Å². The number of hydrogen-bond donors (Lipinski definition) is 0. The Morgan fingerprint density at radius 2 is 1.37 bits per heavy atom. The van der Waals surface area contributed by atoms with E-state index in [-0.39, 0.29) is 5.92 Å². The molecule has 0 N–H and O–H groups in total. The molecule has 0 fully saturated rings. The quantitative estimate of drug-likeness (QED) is 0.443. The van der Waals surface area contributed by atoms with Crippen LogP contribution in [0.5, 0.6) is 11.5 Å². The van der Waals surface area contributed by atoms with Gasteiger partial charge in [-0.05, 0) is 54.2 Å². The monoisotopic (exact) mass is 431 g/mol. The highest BCUT2D eigenvalue weighted by Gasteiger charge is 2.34. The lowest BCUT2D eigenvalue weighted by molar-refractivity contribution is 0.375. The van der Waals surface area contributed by atoms with Gasteiger partial charge in [-0.15, -0.1) is 6.58 Å². The van der Waals surface area contributed by atoms with E-state index < -0.39 is 15.3 Å².